The first-order valence-electron chi connectivity index (χ1n) is 6.22. The molecule has 0 atom stereocenters. The monoisotopic (exact) mass is 334 g/mol. The van der Waals surface area contributed by atoms with Gasteiger partial charge in [0.05, 0.1) is 20.3 Å². The smallest absolute Gasteiger partial charge is 0.258 e. The van der Waals surface area contributed by atoms with Gasteiger partial charge in [-0.3, -0.25) is 20.2 Å². The van der Waals surface area contributed by atoms with E-state index < -0.39 is 19.7 Å². The number of non-ortho nitro benzene ring substituents is 1. The van der Waals surface area contributed by atoms with Crippen molar-refractivity contribution in [2.75, 3.05) is 0 Å². The van der Waals surface area contributed by atoms with Crippen LogP contribution in [0, 0.1) is 20.2 Å². The Bertz CT molecular complexity index is 888. The fourth-order valence-corrected chi connectivity index (χ4v) is 2.79. The van der Waals surface area contributed by atoms with Crippen LogP contribution in [0.3, 0.4) is 0 Å². The molecular weight excluding hydrogens is 324 g/mol. The molecule has 0 spiro atoms. The van der Waals surface area contributed by atoms with Crippen LogP contribution in [-0.4, -0.2) is 18.3 Å². The third-order valence-electron chi connectivity index (χ3n) is 2.94. The Morgan fingerprint density at radius 2 is 1.48 bits per heavy atom. The molecule has 0 bridgehead atoms. The van der Waals surface area contributed by atoms with E-state index in [1.807, 2.05) is 0 Å². The summed E-state index contributed by atoms with van der Waals surface area (Å²) in [6.07, 6.45) is 1.12. The van der Waals surface area contributed by atoms with Crippen LogP contribution in [-0.2, 0) is 9.84 Å². The average molecular weight is 334 g/mol. The minimum absolute atomic E-state index is 0.141. The molecule has 118 valence electrons. The van der Waals surface area contributed by atoms with Gasteiger partial charge in [-0.2, -0.15) is 0 Å². The third-order valence-corrected chi connectivity index (χ3v) is 4.36. The van der Waals surface area contributed by atoms with Gasteiger partial charge in [-0.25, -0.2) is 8.42 Å². The van der Waals surface area contributed by atoms with Gasteiger partial charge in [0.1, 0.15) is 0 Å². The van der Waals surface area contributed by atoms with Crippen molar-refractivity contribution in [3.8, 4) is 0 Å². The van der Waals surface area contributed by atoms with Crippen molar-refractivity contribution >= 4 is 27.3 Å². The highest BCUT2D eigenvalue weighted by atomic mass is 32.2. The van der Waals surface area contributed by atoms with E-state index in [1.165, 1.54) is 18.2 Å². The van der Waals surface area contributed by atoms with Gasteiger partial charge in [0, 0.05) is 23.6 Å². The summed E-state index contributed by atoms with van der Waals surface area (Å²) in [7, 11) is -3.87. The van der Waals surface area contributed by atoms with E-state index in [2.05, 4.69) is 0 Å². The SMILES string of the molecule is O=[N+]([O-])c1ccc(S(=O)(=O)/C=C/c2ccccc2[N+](=O)[O-])cc1. The summed E-state index contributed by atoms with van der Waals surface area (Å²) in [5, 5.41) is 22.3. The fourth-order valence-electron chi connectivity index (χ4n) is 1.79. The zero-order valence-corrected chi connectivity index (χ0v) is 12.3. The Labute approximate surface area is 130 Å². The number of hydrogen-bond donors (Lipinski definition) is 0. The Morgan fingerprint density at radius 3 is 2.04 bits per heavy atom. The van der Waals surface area contributed by atoms with E-state index in [1.54, 1.807) is 6.07 Å². The van der Waals surface area contributed by atoms with E-state index in [0.29, 0.717) is 0 Å². The lowest BCUT2D eigenvalue weighted by molar-refractivity contribution is -0.385. The first-order chi connectivity index (χ1) is 10.8. The zero-order chi connectivity index (χ0) is 17.0. The highest BCUT2D eigenvalue weighted by Gasteiger charge is 2.15. The van der Waals surface area contributed by atoms with Gasteiger partial charge in [-0.1, -0.05) is 12.1 Å². The van der Waals surface area contributed by atoms with Gasteiger partial charge >= 0.3 is 0 Å². The summed E-state index contributed by atoms with van der Waals surface area (Å²) < 4.78 is 24.3. The maximum absolute atomic E-state index is 12.1. The molecule has 0 fully saturated rings. The second-order valence-electron chi connectivity index (χ2n) is 4.41. The Morgan fingerprint density at radius 1 is 0.870 bits per heavy atom. The topological polar surface area (TPSA) is 120 Å². The lowest BCUT2D eigenvalue weighted by Gasteiger charge is -2.00. The van der Waals surface area contributed by atoms with Gasteiger partial charge in [-0.05, 0) is 24.3 Å². The fraction of sp³-hybridized carbons (Fsp3) is 0. The van der Waals surface area contributed by atoms with Crippen LogP contribution in [0.25, 0.3) is 6.08 Å². The minimum Gasteiger partial charge on any atom is -0.258 e. The van der Waals surface area contributed by atoms with E-state index in [9.17, 15) is 28.6 Å². The number of nitro benzene ring substituents is 2. The lowest BCUT2D eigenvalue weighted by Crippen LogP contribution is -1.97. The van der Waals surface area contributed by atoms with Gasteiger partial charge in [-0.15, -0.1) is 0 Å². The number of sulfone groups is 1. The minimum atomic E-state index is -3.87. The molecule has 0 aromatic heterocycles. The normalized spacial score (nSPS) is 11.5. The predicted octanol–water partition coefficient (Wildman–Crippen LogP) is 2.95. The van der Waals surface area contributed by atoms with E-state index in [-0.39, 0.29) is 21.8 Å². The second-order valence-corrected chi connectivity index (χ2v) is 6.25. The maximum atomic E-state index is 12.1. The molecular formula is C14H10N2O6S. The number of hydrogen-bond acceptors (Lipinski definition) is 6. The number of rotatable bonds is 5. The number of nitro groups is 2. The van der Waals surface area contributed by atoms with Crippen molar-refractivity contribution < 1.29 is 18.3 Å². The molecule has 0 radical (unpaired) electrons. The second kappa shape index (κ2) is 6.36. The first-order valence-corrected chi connectivity index (χ1v) is 7.77. The van der Waals surface area contributed by atoms with E-state index in [4.69, 9.17) is 0 Å². The number of benzene rings is 2. The summed E-state index contributed by atoms with van der Waals surface area (Å²) >= 11 is 0. The van der Waals surface area contributed by atoms with Crippen LogP contribution >= 0.6 is 0 Å². The molecule has 0 unspecified atom stereocenters. The molecule has 2 aromatic rings. The molecule has 0 saturated carbocycles. The molecule has 0 heterocycles. The molecule has 0 N–H and O–H groups in total. The van der Waals surface area contributed by atoms with Crippen LogP contribution < -0.4 is 0 Å². The molecule has 8 nitrogen and oxygen atoms in total. The quantitative estimate of drug-likeness (QED) is 0.612. The number of para-hydroxylation sites is 1. The average Bonchev–Trinajstić information content (AvgIpc) is 2.53. The van der Waals surface area contributed by atoms with Crippen molar-refractivity contribution in [3.05, 3.63) is 79.7 Å². The highest BCUT2D eigenvalue weighted by Crippen LogP contribution is 2.22. The van der Waals surface area contributed by atoms with E-state index >= 15 is 0 Å². The molecule has 0 aliphatic rings. The van der Waals surface area contributed by atoms with Gasteiger partial charge in [0.25, 0.3) is 11.4 Å². The van der Waals surface area contributed by atoms with Crippen LogP contribution in [0.2, 0.25) is 0 Å². The van der Waals surface area contributed by atoms with Crippen molar-refractivity contribution in [2.24, 2.45) is 0 Å². The molecule has 23 heavy (non-hydrogen) atoms. The Kier molecular flexibility index (Phi) is 4.51. The maximum Gasteiger partial charge on any atom is 0.276 e. The van der Waals surface area contributed by atoms with Gasteiger partial charge < -0.3 is 0 Å². The first kappa shape index (κ1) is 16.3. The predicted molar refractivity (Wildman–Crippen MR) is 82.4 cm³/mol. The molecule has 0 aliphatic carbocycles. The lowest BCUT2D eigenvalue weighted by atomic mass is 10.2. The molecule has 2 aromatic carbocycles. The number of nitrogens with zero attached hydrogens (tertiary/aromatic N) is 2. The van der Waals surface area contributed by atoms with E-state index in [0.717, 1.165) is 35.7 Å². The summed E-state index contributed by atoms with van der Waals surface area (Å²) in [6, 6.07) is 10.1. The van der Waals surface area contributed by atoms with Crippen LogP contribution in [0.1, 0.15) is 5.56 Å². The summed E-state index contributed by atoms with van der Waals surface area (Å²) in [5.74, 6) is 0. The third kappa shape index (κ3) is 3.77. The Balaban J connectivity index is 2.35. The highest BCUT2D eigenvalue weighted by molar-refractivity contribution is 7.94. The largest absolute Gasteiger partial charge is 0.276 e. The summed E-state index contributed by atoms with van der Waals surface area (Å²) in [4.78, 5) is 20.0. The van der Waals surface area contributed by atoms with Gasteiger partial charge in [0.15, 0.2) is 9.84 Å². The van der Waals surface area contributed by atoms with Crippen LogP contribution in [0.5, 0.6) is 0 Å². The molecule has 0 aliphatic heterocycles. The van der Waals surface area contributed by atoms with Crippen molar-refractivity contribution in [3.63, 3.8) is 0 Å². The Hall–Kier alpha value is -3.07. The van der Waals surface area contributed by atoms with Crippen LogP contribution in [0.15, 0.2) is 58.8 Å². The summed E-state index contributed by atoms with van der Waals surface area (Å²) in [5.41, 5.74) is -0.308. The van der Waals surface area contributed by atoms with Crippen molar-refractivity contribution in [2.45, 2.75) is 4.90 Å². The zero-order valence-electron chi connectivity index (χ0n) is 11.5. The molecule has 0 amide bonds. The molecule has 9 heteroatoms. The van der Waals surface area contributed by atoms with Crippen molar-refractivity contribution in [1.82, 2.24) is 0 Å². The van der Waals surface area contributed by atoms with Crippen LogP contribution in [0.4, 0.5) is 11.4 Å². The standard InChI is InChI=1S/C14H10N2O6S/c17-15(18)12-5-7-13(8-6-12)23(21,22)10-9-11-3-1-2-4-14(11)16(19)20/h1-10H/b10-9+. The van der Waals surface area contributed by atoms with Gasteiger partial charge in [0.2, 0.25) is 0 Å². The molecule has 2 rings (SSSR count). The van der Waals surface area contributed by atoms with Crippen molar-refractivity contribution in [1.29, 1.82) is 0 Å². The summed E-state index contributed by atoms with van der Waals surface area (Å²) in [6.45, 7) is 0. The molecule has 0 saturated heterocycles.